The van der Waals surface area contributed by atoms with Crippen molar-refractivity contribution < 1.29 is 14.3 Å². The number of aliphatic hydroxyl groups is 1. The van der Waals surface area contributed by atoms with E-state index in [1.54, 1.807) is 42.5 Å². The fourth-order valence-corrected chi connectivity index (χ4v) is 3.79. The maximum atomic E-state index is 13.7. The van der Waals surface area contributed by atoms with Crippen molar-refractivity contribution in [2.24, 2.45) is 0 Å². The van der Waals surface area contributed by atoms with Crippen LogP contribution in [0.25, 0.3) is 16.4 Å². The Bertz CT molecular complexity index is 1140. The van der Waals surface area contributed by atoms with Gasteiger partial charge in [0.2, 0.25) is 11.9 Å². The number of nitrogens with zero attached hydrogens (tertiary/aromatic N) is 4. The van der Waals surface area contributed by atoms with Gasteiger partial charge in [0.25, 0.3) is 5.56 Å². The lowest BCUT2D eigenvalue weighted by atomic mass is 9.77. The van der Waals surface area contributed by atoms with Crippen LogP contribution in [0.15, 0.2) is 29.1 Å². The normalized spacial score (nSPS) is 21.7. The van der Waals surface area contributed by atoms with Crippen molar-refractivity contribution in [3.63, 3.8) is 0 Å². The smallest absolute Gasteiger partial charge is 0.291 e. The Morgan fingerprint density at radius 1 is 1.36 bits per heavy atom. The van der Waals surface area contributed by atoms with Crippen LogP contribution in [0.2, 0.25) is 0 Å². The van der Waals surface area contributed by atoms with Gasteiger partial charge in [-0.3, -0.25) is 14.0 Å². The first-order chi connectivity index (χ1) is 13.1. The number of aromatic nitrogens is 3. The van der Waals surface area contributed by atoms with E-state index in [1.807, 2.05) is 0 Å². The number of rotatable bonds is 4. The first-order valence-electron chi connectivity index (χ1n) is 9.05. The first-order valence-corrected chi connectivity index (χ1v) is 9.05. The number of fused-ring (bicyclic) bond motifs is 3. The molecule has 0 aliphatic heterocycles. The molecule has 0 unspecified atom stereocenters. The molecule has 2 aromatic heterocycles. The second-order valence-corrected chi connectivity index (χ2v) is 7.89. The molecule has 0 spiro atoms. The van der Waals surface area contributed by atoms with E-state index in [9.17, 15) is 19.1 Å². The monoisotopic (exact) mass is 387 g/mol. The number of amides is 1. The minimum atomic E-state index is -0.745. The molecule has 1 saturated carbocycles. The van der Waals surface area contributed by atoms with Gasteiger partial charge in [0.05, 0.1) is 11.1 Å². The van der Waals surface area contributed by atoms with Gasteiger partial charge in [-0.05, 0) is 44.0 Å². The minimum Gasteiger partial charge on any atom is -0.390 e. The highest BCUT2D eigenvalue weighted by molar-refractivity contribution is 5.88. The molecule has 8 nitrogen and oxygen atoms in total. The number of benzene rings is 1. The Hall–Kier alpha value is -2.94. The van der Waals surface area contributed by atoms with E-state index < -0.39 is 17.0 Å². The zero-order valence-corrected chi connectivity index (χ0v) is 15.9. The highest BCUT2D eigenvalue weighted by Gasteiger charge is 2.39. The van der Waals surface area contributed by atoms with Crippen molar-refractivity contribution in [1.82, 2.24) is 19.5 Å². The SMILES string of the molecule is CN(C)c1nn(CC(=O)NC2CC(C)(O)C2)c(=O)c2cc3ccc(F)cc3n12. The van der Waals surface area contributed by atoms with Crippen LogP contribution in [0.5, 0.6) is 0 Å². The number of carbonyl (C=O) groups is 1. The molecular formula is C19H22FN5O3. The van der Waals surface area contributed by atoms with E-state index in [2.05, 4.69) is 10.4 Å². The van der Waals surface area contributed by atoms with Crippen molar-refractivity contribution in [2.75, 3.05) is 19.0 Å². The molecule has 9 heteroatoms. The van der Waals surface area contributed by atoms with Gasteiger partial charge in [-0.1, -0.05) is 0 Å². The predicted octanol–water partition coefficient (Wildman–Crippen LogP) is 0.884. The first kappa shape index (κ1) is 18.4. The summed E-state index contributed by atoms with van der Waals surface area (Å²) in [5.74, 6) is -0.335. The van der Waals surface area contributed by atoms with Crippen LogP contribution in [-0.2, 0) is 11.3 Å². The van der Waals surface area contributed by atoms with Gasteiger partial charge in [-0.2, -0.15) is 0 Å². The predicted molar refractivity (Wildman–Crippen MR) is 103 cm³/mol. The Balaban J connectivity index is 1.73. The molecule has 1 aliphatic rings. The number of hydrogen-bond acceptors (Lipinski definition) is 5. The number of anilines is 1. The molecular weight excluding hydrogens is 365 g/mol. The van der Waals surface area contributed by atoms with E-state index in [-0.39, 0.29) is 18.5 Å². The molecule has 1 aliphatic carbocycles. The molecule has 0 saturated heterocycles. The average Bonchev–Trinajstić information content (AvgIpc) is 2.94. The Kier molecular flexibility index (Phi) is 4.15. The van der Waals surface area contributed by atoms with Crippen LogP contribution >= 0.6 is 0 Å². The lowest BCUT2D eigenvalue weighted by Crippen LogP contribution is -2.54. The van der Waals surface area contributed by atoms with Gasteiger partial charge in [-0.15, -0.1) is 5.10 Å². The third kappa shape index (κ3) is 3.11. The number of hydrogen-bond donors (Lipinski definition) is 2. The topological polar surface area (TPSA) is 91.9 Å². The summed E-state index contributed by atoms with van der Waals surface area (Å²) in [5.41, 5.74) is -0.320. The standard InChI is InChI=1S/C19H22FN5O3/c1-19(28)8-13(9-19)21-16(26)10-24-17(27)15-6-11-4-5-12(20)7-14(11)25(15)18(22-24)23(2)3/h4-7,13,28H,8-10H2,1-3H3,(H,21,26). The molecule has 0 bridgehead atoms. The van der Waals surface area contributed by atoms with Crippen molar-refractivity contribution in [3.8, 4) is 0 Å². The number of nitrogens with one attached hydrogen (secondary N) is 1. The molecule has 1 amide bonds. The summed E-state index contributed by atoms with van der Waals surface area (Å²) in [6, 6.07) is 5.87. The molecule has 4 rings (SSSR count). The maximum absolute atomic E-state index is 13.7. The Morgan fingerprint density at radius 2 is 2.07 bits per heavy atom. The van der Waals surface area contributed by atoms with Crippen LogP contribution < -0.4 is 15.8 Å². The van der Waals surface area contributed by atoms with E-state index in [1.165, 1.54) is 12.1 Å². The second-order valence-electron chi connectivity index (χ2n) is 7.89. The van der Waals surface area contributed by atoms with E-state index >= 15 is 0 Å². The third-order valence-corrected chi connectivity index (χ3v) is 5.06. The maximum Gasteiger partial charge on any atom is 0.291 e. The molecule has 0 radical (unpaired) electrons. The van der Waals surface area contributed by atoms with Crippen molar-refractivity contribution in [1.29, 1.82) is 0 Å². The molecule has 28 heavy (non-hydrogen) atoms. The van der Waals surface area contributed by atoms with Crippen LogP contribution in [0.4, 0.5) is 10.3 Å². The molecule has 0 atom stereocenters. The fraction of sp³-hybridized carbons (Fsp3) is 0.421. The number of halogens is 1. The van der Waals surface area contributed by atoms with Crippen molar-refractivity contribution in [2.45, 2.75) is 38.0 Å². The molecule has 148 valence electrons. The van der Waals surface area contributed by atoms with Crippen LogP contribution in [-0.4, -0.2) is 50.9 Å². The molecule has 2 heterocycles. The van der Waals surface area contributed by atoms with Gasteiger partial charge in [0.15, 0.2) is 0 Å². The van der Waals surface area contributed by atoms with Gasteiger partial charge in [0.1, 0.15) is 17.9 Å². The fourth-order valence-electron chi connectivity index (χ4n) is 3.79. The van der Waals surface area contributed by atoms with Crippen LogP contribution in [0, 0.1) is 5.82 Å². The average molecular weight is 387 g/mol. The van der Waals surface area contributed by atoms with E-state index in [0.717, 1.165) is 4.68 Å². The lowest BCUT2D eigenvalue weighted by Gasteiger charge is -2.41. The van der Waals surface area contributed by atoms with Gasteiger partial charge >= 0.3 is 0 Å². The van der Waals surface area contributed by atoms with Crippen LogP contribution in [0.3, 0.4) is 0 Å². The summed E-state index contributed by atoms with van der Waals surface area (Å²) in [7, 11) is 3.52. The van der Waals surface area contributed by atoms with E-state index in [0.29, 0.717) is 35.2 Å². The summed E-state index contributed by atoms with van der Waals surface area (Å²) in [6.45, 7) is 1.49. The quantitative estimate of drug-likeness (QED) is 0.694. The zero-order chi connectivity index (χ0) is 20.2. The second kappa shape index (κ2) is 6.30. The van der Waals surface area contributed by atoms with E-state index in [4.69, 9.17) is 0 Å². The number of carbonyl (C=O) groups excluding carboxylic acids is 1. The largest absolute Gasteiger partial charge is 0.390 e. The van der Waals surface area contributed by atoms with Crippen LogP contribution in [0.1, 0.15) is 19.8 Å². The lowest BCUT2D eigenvalue weighted by molar-refractivity contribution is -0.125. The molecule has 3 aromatic rings. The molecule has 1 aromatic carbocycles. The Morgan fingerprint density at radius 3 is 2.71 bits per heavy atom. The highest BCUT2D eigenvalue weighted by atomic mass is 19.1. The zero-order valence-electron chi connectivity index (χ0n) is 15.9. The minimum absolute atomic E-state index is 0.103. The van der Waals surface area contributed by atoms with Gasteiger partial charge in [-0.25, -0.2) is 9.07 Å². The summed E-state index contributed by atoms with van der Waals surface area (Å²) in [5, 5.41) is 17.6. The summed E-state index contributed by atoms with van der Waals surface area (Å²) < 4.78 is 16.5. The summed E-state index contributed by atoms with van der Waals surface area (Å²) in [4.78, 5) is 27.0. The molecule has 2 N–H and O–H groups in total. The third-order valence-electron chi connectivity index (χ3n) is 5.06. The van der Waals surface area contributed by atoms with Gasteiger partial charge < -0.3 is 15.3 Å². The van der Waals surface area contributed by atoms with Crippen molar-refractivity contribution >= 4 is 28.3 Å². The van der Waals surface area contributed by atoms with Gasteiger partial charge in [0, 0.05) is 25.5 Å². The molecule has 1 fully saturated rings. The Labute approximate surface area is 160 Å². The highest BCUT2D eigenvalue weighted by Crippen LogP contribution is 2.31. The summed E-state index contributed by atoms with van der Waals surface area (Å²) >= 11 is 0. The summed E-state index contributed by atoms with van der Waals surface area (Å²) in [6.07, 6.45) is 0.970. The van der Waals surface area contributed by atoms with Crippen molar-refractivity contribution in [3.05, 3.63) is 40.4 Å².